The molecule has 0 amide bonds. The summed E-state index contributed by atoms with van der Waals surface area (Å²) in [5.74, 6) is 0.938. The molecular formula is C19H25ClN2O. The average Bonchev–Trinajstić information content (AvgIpc) is 2.53. The van der Waals surface area contributed by atoms with E-state index in [-0.39, 0.29) is 0 Å². The van der Waals surface area contributed by atoms with E-state index in [2.05, 4.69) is 42.1 Å². The normalized spacial score (nSPS) is 11.2. The van der Waals surface area contributed by atoms with Crippen LogP contribution in [0.2, 0.25) is 5.02 Å². The highest BCUT2D eigenvalue weighted by Crippen LogP contribution is 2.21. The molecule has 0 saturated carbocycles. The van der Waals surface area contributed by atoms with E-state index in [9.17, 15) is 0 Å². The Balaban J connectivity index is 2.13. The lowest BCUT2D eigenvalue weighted by Gasteiger charge is -2.25. The van der Waals surface area contributed by atoms with Crippen LogP contribution in [0.1, 0.15) is 11.1 Å². The average molecular weight is 333 g/mol. The zero-order chi connectivity index (χ0) is 16.7. The third kappa shape index (κ3) is 5.87. The number of nitrogens with zero attached hydrogens (tertiary/aromatic N) is 2. The van der Waals surface area contributed by atoms with E-state index in [1.54, 1.807) is 7.11 Å². The van der Waals surface area contributed by atoms with Crippen LogP contribution in [0.4, 0.5) is 0 Å². The molecule has 0 spiro atoms. The number of methoxy groups -OCH3 is 1. The van der Waals surface area contributed by atoms with Gasteiger partial charge in [0.1, 0.15) is 5.75 Å². The number of benzene rings is 2. The van der Waals surface area contributed by atoms with E-state index in [0.717, 1.165) is 37.0 Å². The van der Waals surface area contributed by atoms with Crippen LogP contribution < -0.4 is 4.74 Å². The third-order valence-electron chi connectivity index (χ3n) is 3.75. The number of ether oxygens (including phenoxy) is 1. The number of hydrogen-bond acceptors (Lipinski definition) is 3. The molecule has 23 heavy (non-hydrogen) atoms. The number of para-hydroxylation sites is 1. The SMILES string of the molecule is COc1ccccc1CN(CCN(C)C)Cc1cccc(Cl)c1. The number of rotatable bonds is 8. The highest BCUT2D eigenvalue weighted by molar-refractivity contribution is 6.30. The van der Waals surface area contributed by atoms with Crippen LogP contribution in [0.3, 0.4) is 0 Å². The number of hydrogen-bond donors (Lipinski definition) is 0. The fraction of sp³-hybridized carbons (Fsp3) is 0.368. The first-order valence-electron chi connectivity index (χ1n) is 7.82. The van der Waals surface area contributed by atoms with Gasteiger partial charge in [-0.3, -0.25) is 4.90 Å². The molecule has 2 aromatic rings. The second-order valence-electron chi connectivity index (χ2n) is 5.96. The summed E-state index contributed by atoms with van der Waals surface area (Å²) in [5, 5.41) is 0.785. The van der Waals surface area contributed by atoms with Crippen LogP contribution in [-0.4, -0.2) is 44.1 Å². The maximum absolute atomic E-state index is 6.12. The summed E-state index contributed by atoms with van der Waals surface area (Å²) >= 11 is 6.12. The molecule has 0 fully saturated rings. The minimum Gasteiger partial charge on any atom is -0.496 e. The van der Waals surface area contributed by atoms with Crippen molar-refractivity contribution in [3.8, 4) is 5.75 Å². The molecule has 124 valence electrons. The molecule has 0 heterocycles. The first kappa shape index (κ1) is 17.8. The first-order chi connectivity index (χ1) is 11.1. The van der Waals surface area contributed by atoms with Gasteiger partial charge in [0.25, 0.3) is 0 Å². The Kier molecular flexibility index (Phi) is 6.90. The van der Waals surface area contributed by atoms with E-state index in [1.165, 1.54) is 11.1 Å². The molecular weight excluding hydrogens is 308 g/mol. The van der Waals surface area contributed by atoms with Crippen LogP contribution >= 0.6 is 11.6 Å². The standard InChI is InChI=1S/C19H25ClN2O/c1-21(2)11-12-22(14-16-7-6-9-18(20)13-16)15-17-8-4-5-10-19(17)23-3/h4-10,13H,11-12,14-15H2,1-3H3. The molecule has 0 unspecified atom stereocenters. The van der Waals surface area contributed by atoms with Crippen molar-refractivity contribution in [3.63, 3.8) is 0 Å². The third-order valence-corrected chi connectivity index (χ3v) is 3.98. The zero-order valence-electron chi connectivity index (χ0n) is 14.1. The minimum atomic E-state index is 0.785. The molecule has 4 heteroatoms. The first-order valence-corrected chi connectivity index (χ1v) is 8.19. The summed E-state index contributed by atoms with van der Waals surface area (Å²) in [4.78, 5) is 4.62. The van der Waals surface area contributed by atoms with Crippen LogP contribution in [0.15, 0.2) is 48.5 Å². The maximum Gasteiger partial charge on any atom is 0.123 e. The van der Waals surface area contributed by atoms with Gasteiger partial charge in [-0.15, -0.1) is 0 Å². The highest BCUT2D eigenvalue weighted by Gasteiger charge is 2.11. The lowest BCUT2D eigenvalue weighted by molar-refractivity contribution is 0.223. The van der Waals surface area contributed by atoms with Gasteiger partial charge >= 0.3 is 0 Å². The molecule has 2 rings (SSSR count). The van der Waals surface area contributed by atoms with Crippen molar-refractivity contribution < 1.29 is 4.74 Å². The lowest BCUT2D eigenvalue weighted by Crippen LogP contribution is -2.31. The maximum atomic E-state index is 6.12. The van der Waals surface area contributed by atoms with Gasteiger partial charge in [-0.1, -0.05) is 41.9 Å². The van der Waals surface area contributed by atoms with Crippen molar-refractivity contribution in [2.24, 2.45) is 0 Å². The van der Waals surface area contributed by atoms with Crippen molar-refractivity contribution in [1.29, 1.82) is 0 Å². The smallest absolute Gasteiger partial charge is 0.123 e. The van der Waals surface area contributed by atoms with Crippen LogP contribution in [0.5, 0.6) is 5.75 Å². The predicted octanol–water partition coefficient (Wildman–Crippen LogP) is 3.91. The van der Waals surface area contributed by atoms with Crippen molar-refractivity contribution in [2.75, 3.05) is 34.3 Å². The molecule has 2 aromatic carbocycles. The fourth-order valence-electron chi connectivity index (χ4n) is 2.52. The molecule has 0 atom stereocenters. The Morgan fingerprint density at radius 2 is 1.74 bits per heavy atom. The molecule has 0 aliphatic carbocycles. The lowest BCUT2D eigenvalue weighted by atomic mass is 10.1. The predicted molar refractivity (Wildman–Crippen MR) is 97.1 cm³/mol. The Bertz CT molecular complexity index is 616. The van der Waals surface area contributed by atoms with E-state index in [1.807, 2.05) is 30.3 Å². The molecule has 0 aliphatic rings. The van der Waals surface area contributed by atoms with Gasteiger partial charge in [0.05, 0.1) is 7.11 Å². The molecule has 0 aromatic heterocycles. The number of likely N-dealkylation sites (N-methyl/N-ethyl adjacent to an activating group) is 1. The minimum absolute atomic E-state index is 0.785. The van der Waals surface area contributed by atoms with Crippen molar-refractivity contribution in [1.82, 2.24) is 9.80 Å². The van der Waals surface area contributed by atoms with Gasteiger partial charge in [-0.25, -0.2) is 0 Å². The van der Waals surface area contributed by atoms with E-state index in [4.69, 9.17) is 16.3 Å². The van der Waals surface area contributed by atoms with E-state index < -0.39 is 0 Å². The van der Waals surface area contributed by atoms with Gasteiger partial charge in [-0.05, 0) is 37.9 Å². The summed E-state index contributed by atoms with van der Waals surface area (Å²) in [5.41, 5.74) is 2.43. The molecule has 0 bridgehead atoms. The summed E-state index contributed by atoms with van der Waals surface area (Å²) in [6.07, 6.45) is 0. The van der Waals surface area contributed by atoms with E-state index in [0.29, 0.717) is 0 Å². The largest absolute Gasteiger partial charge is 0.496 e. The van der Waals surface area contributed by atoms with E-state index >= 15 is 0 Å². The Morgan fingerprint density at radius 1 is 0.957 bits per heavy atom. The second kappa shape index (κ2) is 8.92. The summed E-state index contributed by atoms with van der Waals surface area (Å²) in [7, 11) is 5.92. The summed E-state index contributed by atoms with van der Waals surface area (Å²) in [6.45, 7) is 3.71. The second-order valence-corrected chi connectivity index (χ2v) is 6.39. The molecule has 0 N–H and O–H groups in total. The van der Waals surface area contributed by atoms with Crippen LogP contribution in [0, 0.1) is 0 Å². The van der Waals surface area contributed by atoms with Gasteiger partial charge in [0.15, 0.2) is 0 Å². The Labute approximate surface area is 144 Å². The van der Waals surface area contributed by atoms with Crippen molar-refractivity contribution >= 4 is 11.6 Å². The summed E-state index contributed by atoms with van der Waals surface area (Å²) < 4.78 is 5.48. The van der Waals surface area contributed by atoms with Gasteiger partial charge in [-0.2, -0.15) is 0 Å². The molecule has 0 saturated heterocycles. The Hall–Kier alpha value is -1.55. The van der Waals surface area contributed by atoms with Gasteiger partial charge in [0, 0.05) is 36.8 Å². The van der Waals surface area contributed by atoms with Gasteiger partial charge < -0.3 is 9.64 Å². The van der Waals surface area contributed by atoms with Crippen LogP contribution in [0.25, 0.3) is 0 Å². The fourth-order valence-corrected chi connectivity index (χ4v) is 2.74. The zero-order valence-corrected chi connectivity index (χ0v) is 14.9. The van der Waals surface area contributed by atoms with Crippen molar-refractivity contribution in [2.45, 2.75) is 13.1 Å². The quantitative estimate of drug-likeness (QED) is 0.729. The van der Waals surface area contributed by atoms with Gasteiger partial charge in [0.2, 0.25) is 0 Å². The highest BCUT2D eigenvalue weighted by atomic mass is 35.5. The van der Waals surface area contributed by atoms with Crippen LogP contribution in [-0.2, 0) is 13.1 Å². The molecule has 0 radical (unpaired) electrons. The monoisotopic (exact) mass is 332 g/mol. The summed E-state index contributed by atoms with van der Waals surface area (Å²) in [6, 6.07) is 16.3. The number of halogens is 1. The molecule has 3 nitrogen and oxygen atoms in total. The Morgan fingerprint density at radius 3 is 2.43 bits per heavy atom. The topological polar surface area (TPSA) is 15.7 Å². The molecule has 0 aliphatic heterocycles. The van der Waals surface area contributed by atoms with Crippen molar-refractivity contribution in [3.05, 3.63) is 64.7 Å².